The van der Waals surface area contributed by atoms with Crippen molar-refractivity contribution < 1.29 is 5.11 Å². The fraction of sp³-hybridized carbons (Fsp3) is 0. The number of hydrogen-bond donors (Lipinski definition) is 1. The van der Waals surface area contributed by atoms with Crippen molar-refractivity contribution in [3.63, 3.8) is 0 Å². The van der Waals surface area contributed by atoms with E-state index in [4.69, 9.17) is 11.6 Å². The molecule has 0 aliphatic rings. The molecule has 0 saturated carbocycles. The van der Waals surface area contributed by atoms with E-state index >= 15 is 0 Å². The van der Waals surface area contributed by atoms with E-state index < -0.39 is 0 Å². The largest absolute Gasteiger partial charge is 0.508 e. The van der Waals surface area contributed by atoms with Gasteiger partial charge in [-0.3, -0.25) is 0 Å². The number of thiazole rings is 1. The van der Waals surface area contributed by atoms with Crippen molar-refractivity contribution in [2.45, 2.75) is 0 Å². The van der Waals surface area contributed by atoms with Gasteiger partial charge in [-0.2, -0.15) is 0 Å². The van der Waals surface area contributed by atoms with Gasteiger partial charge in [-0.15, -0.1) is 11.3 Å². The van der Waals surface area contributed by atoms with Gasteiger partial charge in [0.15, 0.2) is 0 Å². The zero-order chi connectivity index (χ0) is 13.2. The van der Waals surface area contributed by atoms with Gasteiger partial charge in [0.1, 0.15) is 10.8 Å². The van der Waals surface area contributed by atoms with E-state index in [1.54, 1.807) is 18.2 Å². The van der Waals surface area contributed by atoms with Crippen molar-refractivity contribution >= 4 is 22.9 Å². The van der Waals surface area contributed by atoms with Crippen LogP contribution in [0.4, 0.5) is 0 Å². The molecular weight excluding hydrogens is 278 g/mol. The summed E-state index contributed by atoms with van der Waals surface area (Å²) in [4.78, 5) is 4.58. The first-order valence-electron chi connectivity index (χ1n) is 5.74. The van der Waals surface area contributed by atoms with Crippen LogP contribution < -0.4 is 0 Å². The topological polar surface area (TPSA) is 33.1 Å². The highest BCUT2D eigenvalue weighted by molar-refractivity contribution is 7.13. The first kappa shape index (κ1) is 12.2. The van der Waals surface area contributed by atoms with Crippen molar-refractivity contribution in [2.75, 3.05) is 0 Å². The Balaban J connectivity index is 2.03. The van der Waals surface area contributed by atoms with E-state index in [0.29, 0.717) is 5.02 Å². The van der Waals surface area contributed by atoms with Gasteiger partial charge in [-0.05, 0) is 18.2 Å². The van der Waals surface area contributed by atoms with E-state index in [2.05, 4.69) is 4.98 Å². The highest BCUT2D eigenvalue weighted by atomic mass is 35.5. The maximum Gasteiger partial charge on any atom is 0.124 e. The third-order valence-corrected chi connectivity index (χ3v) is 3.97. The zero-order valence-electron chi connectivity index (χ0n) is 9.88. The average molecular weight is 288 g/mol. The first-order chi connectivity index (χ1) is 9.24. The lowest BCUT2D eigenvalue weighted by molar-refractivity contribution is 0.475. The molecular formula is C15H10ClNOS. The van der Waals surface area contributed by atoms with Crippen LogP contribution in [-0.2, 0) is 0 Å². The Kier molecular flexibility index (Phi) is 3.23. The second-order valence-electron chi connectivity index (χ2n) is 4.07. The fourth-order valence-electron chi connectivity index (χ4n) is 1.84. The summed E-state index contributed by atoms with van der Waals surface area (Å²) in [6, 6.07) is 14.7. The predicted molar refractivity (Wildman–Crippen MR) is 79.7 cm³/mol. The number of phenols is 1. The van der Waals surface area contributed by atoms with Crippen LogP contribution >= 0.6 is 22.9 Å². The molecule has 0 unspecified atom stereocenters. The van der Waals surface area contributed by atoms with E-state index in [1.807, 2.05) is 35.7 Å². The zero-order valence-corrected chi connectivity index (χ0v) is 11.4. The number of aromatic hydroxyl groups is 1. The fourth-order valence-corrected chi connectivity index (χ4v) is 2.89. The monoisotopic (exact) mass is 287 g/mol. The smallest absolute Gasteiger partial charge is 0.124 e. The number of hydrogen-bond acceptors (Lipinski definition) is 3. The first-order valence-corrected chi connectivity index (χ1v) is 6.99. The molecule has 0 amide bonds. The molecule has 0 aliphatic carbocycles. The van der Waals surface area contributed by atoms with E-state index in [1.165, 1.54) is 11.3 Å². The van der Waals surface area contributed by atoms with Crippen LogP contribution in [0.2, 0.25) is 5.02 Å². The van der Waals surface area contributed by atoms with Crippen molar-refractivity contribution in [2.24, 2.45) is 0 Å². The third-order valence-electron chi connectivity index (χ3n) is 2.75. The van der Waals surface area contributed by atoms with Crippen LogP contribution in [0.15, 0.2) is 53.9 Å². The molecule has 1 N–H and O–H groups in total. The lowest BCUT2D eigenvalue weighted by atomic mass is 10.2. The van der Waals surface area contributed by atoms with E-state index in [-0.39, 0.29) is 5.75 Å². The SMILES string of the molecule is Oc1cccc(-c2nc(-c3ccccc3Cl)cs2)c1. The van der Waals surface area contributed by atoms with E-state index in [9.17, 15) is 5.11 Å². The van der Waals surface area contributed by atoms with Crippen LogP contribution in [0.5, 0.6) is 5.75 Å². The van der Waals surface area contributed by atoms with Crippen molar-refractivity contribution in [3.8, 4) is 27.6 Å². The molecule has 3 aromatic rings. The summed E-state index contributed by atoms with van der Waals surface area (Å²) in [6.45, 7) is 0. The second kappa shape index (κ2) is 5.03. The maximum absolute atomic E-state index is 9.50. The summed E-state index contributed by atoms with van der Waals surface area (Å²) >= 11 is 7.70. The number of nitrogens with zero attached hydrogens (tertiary/aromatic N) is 1. The predicted octanol–water partition coefficient (Wildman–Crippen LogP) is 4.84. The molecule has 2 nitrogen and oxygen atoms in total. The number of benzene rings is 2. The van der Waals surface area contributed by atoms with Gasteiger partial charge in [0.05, 0.1) is 5.69 Å². The van der Waals surface area contributed by atoms with Gasteiger partial charge in [-0.25, -0.2) is 4.98 Å². The van der Waals surface area contributed by atoms with Gasteiger partial charge in [0, 0.05) is 21.5 Å². The number of aromatic nitrogens is 1. The average Bonchev–Trinajstić information content (AvgIpc) is 2.89. The Morgan fingerprint density at radius 2 is 1.89 bits per heavy atom. The van der Waals surface area contributed by atoms with Crippen LogP contribution in [0.25, 0.3) is 21.8 Å². The van der Waals surface area contributed by atoms with Crippen LogP contribution in [0, 0.1) is 0 Å². The van der Waals surface area contributed by atoms with Crippen LogP contribution in [0.3, 0.4) is 0 Å². The maximum atomic E-state index is 9.50. The Morgan fingerprint density at radius 1 is 1.05 bits per heavy atom. The molecule has 0 fully saturated rings. The highest BCUT2D eigenvalue weighted by Gasteiger charge is 2.09. The number of rotatable bonds is 2. The molecule has 0 radical (unpaired) electrons. The molecule has 3 rings (SSSR count). The van der Waals surface area contributed by atoms with Gasteiger partial charge in [-0.1, -0.05) is 41.9 Å². The third kappa shape index (κ3) is 2.48. The molecule has 94 valence electrons. The Hall–Kier alpha value is -1.84. The molecule has 0 saturated heterocycles. The minimum absolute atomic E-state index is 0.243. The summed E-state index contributed by atoms with van der Waals surface area (Å²) in [5.41, 5.74) is 2.68. The molecule has 0 atom stereocenters. The molecule has 2 aromatic carbocycles. The molecule has 4 heteroatoms. The van der Waals surface area contributed by atoms with E-state index in [0.717, 1.165) is 21.8 Å². The summed E-state index contributed by atoms with van der Waals surface area (Å²) in [6.07, 6.45) is 0. The van der Waals surface area contributed by atoms with Crippen LogP contribution in [0.1, 0.15) is 0 Å². The van der Waals surface area contributed by atoms with Crippen molar-refractivity contribution in [3.05, 3.63) is 58.9 Å². The number of phenolic OH excluding ortho intramolecular Hbond substituents is 1. The van der Waals surface area contributed by atoms with Crippen molar-refractivity contribution in [1.29, 1.82) is 0 Å². The Bertz CT molecular complexity index is 723. The number of halogens is 1. The Morgan fingerprint density at radius 3 is 2.68 bits per heavy atom. The van der Waals surface area contributed by atoms with Gasteiger partial charge in [0.2, 0.25) is 0 Å². The summed E-state index contributed by atoms with van der Waals surface area (Å²) in [7, 11) is 0. The quantitative estimate of drug-likeness (QED) is 0.732. The van der Waals surface area contributed by atoms with Gasteiger partial charge >= 0.3 is 0 Å². The standard InChI is InChI=1S/C15H10ClNOS/c16-13-7-2-1-6-12(13)14-9-19-15(17-14)10-4-3-5-11(18)8-10/h1-9,18H. The molecule has 19 heavy (non-hydrogen) atoms. The normalized spacial score (nSPS) is 10.6. The second-order valence-corrected chi connectivity index (χ2v) is 5.33. The molecule has 1 heterocycles. The Labute approximate surface area is 120 Å². The van der Waals surface area contributed by atoms with Gasteiger partial charge < -0.3 is 5.11 Å². The van der Waals surface area contributed by atoms with Crippen molar-refractivity contribution in [1.82, 2.24) is 4.98 Å². The molecule has 0 aliphatic heterocycles. The minimum atomic E-state index is 0.243. The molecule has 1 aromatic heterocycles. The molecule has 0 bridgehead atoms. The summed E-state index contributed by atoms with van der Waals surface area (Å²) < 4.78 is 0. The van der Waals surface area contributed by atoms with Crippen LogP contribution in [-0.4, -0.2) is 10.1 Å². The van der Waals surface area contributed by atoms with Gasteiger partial charge in [0.25, 0.3) is 0 Å². The summed E-state index contributed by atoms with van der Waals surface area (Å²) in [5, 5.41) is 13.0. The lowest BCUT2D eigenvalue weighted by Gasteiger charge is -1.99. The minimum Gasteiger partial charge on any atom is -0.508 e. The molecule has 0 spiro atoms. The highest BCUT2D eigenvalue weighted by Crippen LogP contribution is 2.33. The lowest BCUT2D eigenvalue weighted by Crippen LogP contribution is -1.80. The summed E-state index contributed by atoms with van der Waals surface area (Å²) in [5.74, 6) is 0.243.